The summed E-state index contributed by atoms with van der Waals surface area (Å²) in [5.74, 6) is 3.19. The van der Waals surface area contributed by atoms with Crippen molar-refractivity contribution in [3.05, 3.63) is 11.6 Å². The average Bonchev–Trinajstić information content (AvgIpc) is 2.78. The van der Waals surface area contributed by atoms with E-state index in [4.69, 9.17) is 0 Å². The second kappa shape index (κ2) is 7.41. The zero-order valence-corrected chi connectivity index (χ0v) is 12.3. The Morgan fingerprint density at radius 1 is 1.44 bits per heavy atom. The first-order valence-corrected chi connectivity index (χ1v) is 7.51. The van der Waals surface area contributed by atoms with E-state index in [1.54, 1.807) is 0 Å². The van der Waals surface area contributed by atoms with Gasteiger partial charge in [0.05, 0.1) is 0 Å². The lowest BCUT2D eigenvalue weighted by Crippen LogP contribution is -2.33. The van der Waals surface area contributed by atoms with Gasteiger partial charge in [0.2, 0.25) is 5.82 Å². The van der Waals surface area contributed by atoms with Crippen molar-refractivity contribution in [2.24, 2.45) is 0 Å². The van der Waals surface area contributed by atoms with Crippen molar-refractivity contribution in [2.75, 3.05) is 11.5 Å². The van der Waals surface area contributed by atoms with Gasteiger partial charge < -0.3 is 5.32 Å². The third-order valence-electron chi connectivity index (χ3n) is 2.53. The summed E-state index contributed by atoms with van der Waals surface area (Å²) >= 11 is 1.88. The second-order valence-electron chi connectivity index (χ2n) is 4.56. The summed E-state index contributed by atoms with van der Waals surface area (Å²) in [5, 5.41) is 9.63. The van der Waals surface area contributed by atoms with Crippen LogP contribution in [0.5, 0.6) is 0 Å². The molecule has 0 aliphatic heterocycles. The van der Waals surface area contributed by atoms with Gasteiger partial charge in [0.25, 0.3) is 5.91 Å². The number of carbonyl (C=O) groups is 1. The van der Waals surface area contributed by atoms with Crippen molar-refractivity contribution < 1.29 is 4.79 Å². The molecule has 1 aromatic heterocycles. The van der Waals surface area contributed by atoms with Crippen molar-refractivity contribution in [1.82, 2.24) is 20.5 Å². The van der Waals surface area contributed by atoms with E-state index in [2.05, 4.69) is 27.4 Å². The zero-order valence-electron chi connectivity index (χ0n) is 11.5. The fraction of sp³-hybridized carbons (Fsp3) is 0.750. The molecule has 0 saturated heterocycles. The number of thioether (sulfide) groups is 1. The molecule has 0 aliphatic rings. The molecule has 0 radical (unpaired) electrons. The number of H-pyrrole nitrogens is 1. The molecule has 0 spiro atoms. The standard InChI is InChI=1S/C12H22N4OS/c1-5-18-7-6-9(4)13-12(17)11-14-10(8(2)3)15-16-11/h8-9H,5-7H2,1-4H3,(H,13,17)(H,14,15,16). The summed E-state index contributed by atoms with van der Waals surface area (Å²) in [6, 6.07) is 0.151. The number of carbonyl (C=O) groups excluding carboxylic acids is 1. The summed E-state index contributed by atoms with van der Waals surface area (Å²) in [7, 11) is 0. The Morgan fingerprint density at radius 3 is 2.72 bits per heavy atom. The lowest BCUT2D eigenvalue weighted by Gasteiger charge is -2.11. The number of hydrogen-bond acceptors (Lipinski definition) is 4. The molecule has 1 amide bonds. The van der Waals surface area contributed by atoms with Crippen LogP contribution in [0.4, 0.5) is 0 Å². The van der Waals surface area contributed by atoms with E-state index >= 15 is 0 Å². The van der Waals surface area contributed by atoms with E-state index in [1.807, 2.05) is 32.5 Å². The molecular weight excluding hydrogens is 248 g/mol. The molecule has 102 valence electrons. The SMILES string of the molecule is CCSCCC(C)NC(=O)c1n[nH]c(C(C)C)n1. The number of hydrogen-bond donors (Lipinski definition) is 2. The molecule has 1 rings (SSSR count). The Bertz CT molecular complexity index is 378. The van der Waals surface area contributed by atoms with Gasteiger partial charge in [-0.15, -0.1) is 5.10 Å². The molecule has 18 heavy (non-hydrogen) atoms. The third-order valence-corrected chi connectivity index (χ3v) is 3.46. The first-order valence-electron chi connectivity index (χ1n) is 6.35. The Balaban J connectivity index is 2.43. The second-order valence-corrected chi connectivity index (χ2v) is 5.95. The van der Waals surface area contributed by atoms with Crippen LogP contribution >= 0.6 is 11.8 Å². The van der Waals surface area contributed by atoms with Crippen molar-refractivity contribution >= 4 is 17.7 Å². The van der Waals surface area contributed by atoms with Gasteiger partial charge in [0.15, 0.2) is 0 Å². The molecule has 1 aromatic rings. The van der Waals surface area contributed by atoms with Crippen LogP contribution in [0, 0.1) is 0 Å². The minimum atomic E-state index is -0.202. The molecule has 2 N–H and O–H groups in total. The highest BCUT2D eigenvalue weighted by atomic mass is 32.2. The predicted molar refractivity (Wildman–Crippen MR) is 75.0 cm³/mol. The molecule has 1 heterocycles. The van der Waals surface area contributed by atoms with Crippen molar-refractivity contribution in [3.63, 3.8) is 0 Å². The van der Waals surface area contributed by atoms with E-state index in [1.165, 1.54) is 0 Å². The van der Waals surface area contributed by atoms with E-state index in [-0.39, 0.29) is 23.7 Å². The van der Waals surface area contributed by atoms with Gasteiger partial charge in [-0.3, -0.25) is 9.89 Å². The molecule has 6 heteroatoms. The molecule has 0 fully saturated rings. The fourth-order valence-corrected chi connectivity index (χ4v) is 2.21. The zero-order chi connectivity index (χ0) is 13.5. The Kier molecular flexibility index (Phi) is 6.18. The van der Waals surface area contributed by atoms with Crippen LogP contribution in [0.15, 0.2) is 0 Å². The van der Waals surface area contributed by atoms with Crippen LogP contribution in [-0.4, -0.2) is 38.6 Å². The van der Waals surface area contributed by atoms with Crippen LogP contribution in [-0.2, 0) is 0 Å². The minimum absolute atomic E-state index is 0.151. The number of aromatic amines is 1. The maximum atomic E-state index is 11.9. The molecule has 0 bridgehead atoms. The third kappa shape index (κ3) is 4.68. The molecule has 1 atom stereocenters. The highest BCUT2D eigenvalue weighted by Gasteiger charge is 2.15. The van der Waals surface area contributed by atoms with Crippen molar-refractivity contribution in [2.45, 2.75) is 46.1 Å². The minimum Gasteiger partial charge on any atom is -0.347 e. The van der Waals surface area contributed by atoms with Gasteiger partial charge >= 0.3 is 0 Å². The lowest BCUT2D eigenvalue weighted by molar-refractivity contribution is 0.0929. The summed E-state index contributed by atoms with van der Waals surface area (Å²) in [5.41, 5.74) is 0. The van der Waals surface area contributed by atoms with E-state index in [0.717, 1.165) is 23.8 Å². The summed E-state index contributed by atoms with van der Waals surface area (Å²) in [6.07, 6.45) is 0.964. The first-order chi connectivity index (χ1) is 8.54. The molecule has 0 aromatic carbocycles. The van der Waals surface area contributed by atoms with Gasteiger partial charge in [0.1, 0.15) is 5.82 Å². The van der Waals surface area contributed by atoms with Gasteiger partial charge in [-0.1, -0.05) is 20.8 Å². The Hall–Kier alpha value is -1.04. The maximum absolute atomic E-state index is 11.9. The topological polar surface area (TPSA) is 70.7 Å². The fourth-order valence-electron chi connectivity index (χ4n) is 1.40. The summed E-state index contributed by atoms with van der Waals surface area (Å²) in [4.78, 5) is 16.0. The van der Waals surface area contributed by atoms with Crippen LogP contribution in [0.25, 0.3) is 0 Å². The molecule has 5 nitrogen and oxygen atoms in total. The van der Waals surface area contributed by atoms with Crippen molar-refractivity contribution in [3.8, 4) is 0 Å². The monoisotopic (exact) mass is 270 g/mol. The number of aromatic nitrogens is 3. The Labute approximate surface area is 113 Å². The van der Waals surface area contributed by atoms with E-state index < -0.39 is 0 Å². The summed E-state index contributed by atoms with van der Waals surface area (Å²) < 4.78 is 0. The lowest BCUT2D eigenvalue weighted by atomic mass is 10.2. The summed E-state index contributed by atoms with van der Waals surface area (Å²) in [6.45, 7) is 8.15. The number of amides is 1. The van der Waals surface area contributed by atoms with Crippen LogP contribution < -0.4 is 5.32 Å². The van der Waals surface area contributed by atoms with E-state index in [9.17, 15) is 4.79 Å². The Morgan fingerprint density at radius 2 is 2.17 bits per heavy atom. The van der Waals surface area contributed by atoms with Gasteiger partial charge in [-0.25, -0.2) is 4.98 Å². The predicted octanol–water partition coefficient (Wildman–Crippen LogP) is 2.19. The van der Waals surface area contributed by atoms with Crippen LogP contribution in [0.1, 0.15) is 56.5 Å². The van der Waals surface area contributed by atoms with Crippen LogP contribution in [0.3, 0.4) is 0 Å². The number of nitrogens with one attached hydrogen (secondary N) is 2. The first kappa shape index (κ1) is 15.0. The smallest absolute Gasteiger partial charge is 0.291 e. The van der Waals surface area contributed by atoms with Crippen LogP contribution in [0.2, 0.25) is 0 Å². The normalized spacial score (nSPS) is 12.7. The highest BCUT2D eigenvalue weighted by Crippen LogP contribution is 2.08. The molecule has 0 aliphatic carbocycles. The highest BCUT2D eigenvalue weighted by molar-refractivity contribution is 7.99. The van der Waals surface area contributed by atoms with Gasteiger partial charge in [-0.2, -0.15) is 11.8 Å². The van der Waals surface area contributed by atoms with Crippen molar-refractivity contribution in [1.29, 1.82) is 0 Å². The molecule has 0 saturated carbocycles. The average molecular weight is 270 g/mol. The van der Waals surface area contributed by atoms with Gasteiger partial charge in [0, 0.05) is 12.0 Å². The van der Waals surface area contributed by atoms with E-state index in [0.29, 0.717) is 0 Å². The maximum Gasteiger partial charge on any atom is 0.291 e. The molecular formula is C12H22N4OS. The molecule has 1 unspecified atom stereocenters. The van der Waals surface area contributed by atoms with Gasteiger partial charge in [-0.05, 0) is 24.9 Å². The quantitative estimate of drug-likeness (QED) is 0.745. The largest absolute Gasteiger partial charge is 0.347 e. The number of rotatable bonds is 7. The number of nitrogens with zero attached hydrogens (tertiary/aromatic N) is 2.